The van der Waals surface area contributed by atoms with Gasteiger partial charge in [0.05, 0.1) is 4.92 Å². The first-order valence-corrected chi connectivity index (χ1v) is 8.54. The van der Waals surface area contributed by atoms with Crippen LogP contribution in [0.25, 0.3) is 0 Å². The zero-order chi connectivity index (χ0) is 16.9. The first kappa shape index (κ1) is 16.7. The molecule has 1 aromatic carbocycles. The number of non-ortho nitro benzene ring substituents is 1. The zero-order valence-corrected chi connectivity index (χ0v) is 13.6. The number of carbonyl (C=O) groups is 1. The lowest BCUT2D eigenvalue weighted by atomic mass is 10.1. The van der Waals surface area contributed by atoms with E-state index in [1.807, 2.05) is 4.90 Å². The van der Waals surface area contributed by atoms with E-state index in [2.05, 4.69) is 5.32 Å². The summed E-state index contributed by atoms with van der Waals surface area (Å²) in [5.74, 6) is 0.865. The molecule has 2 aliphatic rings. The summed E-state index contributed by atoms with van der Waals surface area (Å²) in [5.41, 5.74) is 0.0586. The molecule has 24 heavy (non-hydrogen) atoms. The van der Waals surface area contributed by atoms with Crippen LogP contribution in [-0.2, 0) is 4.79 Å². The van der Waals surface area contributed by atoms with Crippen LogP contribution in [0.3, 0.4) is 0 Å². The van der Waals surface area contributed by atoms with Crippen LogP contribution < -0.4 is 10.1 Å². The summed E-state index contributed by atoms with van der Waals surface area (Å²) in [6, 6.07) is 6.49. The van der Waals surface area contributed by atoms with Gasteiger partial charge < -0.3 is 15.0 Å². The van der Waals surface area contributed by atoms with E-state index in [4.69, 9.17) is 4.74 Å². The van der Waals surface area contributed by atoms with E-state index in [-0.39, 0.29) is 17.7 Å². The van der Waals surface area contributed by atoms with Gasteiger partial charge in [0, 0.05) is 50.5 Å². The number of nitrogens with one attached hydrogen (secondary N) is 1. The Kier molecular flexibility index (Phi) is 5.30. The maximum atomic E-state index is 12.3. The van der Waals surface area contributed by atoms with E-state index < -0.39 is 4.92 Å². The van der Waals surface area contributed by atoms with Crippen LogP contribution in [0.2, 0.25) is 0 Å². The average Bonchev–Trinajstić information content (AvgIpc) is 3.09. The molecule has 2 heterocycles. The number of carbonyl (C=O) groups excluding carboxylic acids is 1. The predicted octanol–water partition coefficient (Wildman–Crippen LogP) is 2.11. The number of nitrogens with zero attached hydrogens (tertiary/aromatic N) is 2. The molecule has 3 rings (SSSR count). The van der Waals surface area contributed by atoms with Crippen LogP contribution in [0.1, 0.15) is 32.1 Å². The highest BCUT2D eigenvalue weighted by Crippen LogP contribution is 2.22. The van der Waals surface area contributed by atoms with E-state index >= 15 is 0 Å². The lowest BCUT2D eigenvalue weighted by Gasteiger charge is -2.32. The third-order valence-corrected chi connectivity index (χ3v) is 4.73. The van der Waals surface area contributed by atoms with Gasteiger partial charge in [-0.05, 0) is 31.5 Å². The molecule has 0 radical (unpaired) electrons. The van der Waals surface area contributed by atoms with Crippen LogP contribution in [0.15, 0.2) is 24.3 Å². The molecule has 7 nitrogen and oxygen atoms in total. The molecular formula is C17H23N3O4. The topological polar surface area (TPSA) is 84.7 Å². The zero-order valence-electron chi connectivity index (χ0n) is 13.6. The molecular weight excluding hydrogens is 310 g/mol. The average molecular weight is 333 g/mol. The Morgan fingerprint density at radius 2 is 1.96 bits per heavy atom. The van der Waals surface area contributed by atoms with Crippen LogP contribution in [0, 0.1) is 10.1 Å². The Morgan fingerprint density at radius 1 is 1.25 bits per heavy atom. The number of rotatable bonds is 5. The molecule has 0 aromatic heterocycles. The Bertz CT molecular complexity index is 576. The number of hydrogen-bond acceptors (Lipinski definition) is 5. The molecule has 1 amide bonds. The molecule has 2 fully saturated rings. The fourth-order valence-electron chi connectivity index (χ4n) is 3.33. The van der Waals surface area contributed by atoms with Crippen molar-refractivity contribution in [2.75, 3.05) is 19.6 Å². The molecule has 2 saturated heterocycles. The van der Waals surface area contributed by atoms with Crippen molar-refractivity contribution in [1.29, 1.82) is 0 Å². The van der Waals surface area contributed by atoms with Gasteiger partial charge in [-0.3, -0.25) is 14.9 Å². The number of amides is 1. The second kappa shape index (κ2) is 7.61. The van der Waals surface area contributed by atoms with Gasteiger partial charge in [0.1, 0.15) is 11.9 Å². The van der Waals surface area contributed by atoms with Gasteiger partial charge in [-0.2, -0.15) is 0 Å². The van der Waals surface area contributed by atoms with Gasteiger partial charge >= 0.3 is 0 Å². The van der Waals surface area contributed by atoms with Crippen molar-refractivity contribution in [2.45, 2.75) is 44.2 Å². The lowest BCUT2D eigenvalue weighted by Crippen LogP contribution is -2.43. The second-order valence-corrected chi connectivity index (χ2v) is 6.45. The number of nitro benzene ring substituents is 1. The standard InChI is InChI=1S/C17H23N3O4/c21-17(12-13-2-1-9-18-13)19-10-7-16(8-11-19)24-15-5-3-14(4-6-15)20(22)23/h3-6,13,16,18H,1-2,7-12H2. The largest absolute Gasteiger partial charge is 0.490 e. The smallest absolute Gasteiger partial charge is 0.269 e. The third kappa shape index (κ3) is 4.23. The number of likely N-dealkylation sites (tertiary alicyclic amines) is 1. The van der Waals surface area contributed by atoms with Gasteiger partial charge in [0.2, 0.25) is 5.91 Å². The minimum absolute atomic E-state index is 0.0557. The SMILES string of the molecule is O=C(CC1CCCN1)N1CCC(Oc2ccc([N+](=O)[O-])cc2)CC1. The van der Waals surface area contributed by atoms with Crippen molar-refractivity contribution < 1.29 is 14.5 Å². The Hall–Kier alpha value is -2.15. The minimum Gasteiger partial charge on any atom is -0.490 e. The number of nitro groups is 1. The van der Waals surface area contributed by atoms with Crippen LogP contribution in [0.4, 0.5) is 5.69 Å². The summed E-state index contributed by atoms with van der Waals surface area (Å²) in [6.45, 7) is 2.44. The Morgan fingerprint density at radius 3 is 2.54 bits per heavy atom. The normalized spacial score (nSPS) is 21.7. The van der Waals surface area contributed by atoms with Gasteiger partial charge in [-0.25, -0.2) is 0 Å². The summed E-state index contributed by atoms with van der Waals surface area (Å²) in [7, 11) is 0. The molecule has 1 atom stereocenters. The number of piperidine rings is 1. The lowest BCUT2D eigenvalue weighted by molar-refractivity contribution is -0.384. The van der Waals surface area contributed by atoms with E-state index in [1.54, 1.807) is 12.1 Å². The van der Waals surface area contributed by atoms with Gasteiger partial charge in [-0.1, -0.05) is 0 Å². The summed E-state index contributed by atoms with van der Waals surface area (Å²) < 4.78 is 5.88. The van der Waals surface area contributed by atoms with Crippen molar-refractivity contribution >= 4 is 11.6 Å². The summed E-state index contributed by atoms with van der Waals surface area (Å²) in [5, 5.41) is 14.0. The Balaban J connectivity index is 1.44. The molecule has 1 N–H and O–H groups in total. The first-order chi connectivity index (χ1) is 11.6. The maximum absolute atomic E-state index is 12.3. The summed E-state index contributed by atoms with van der Waals surface area (Å²) in [4.78, 5) is 24.5. The van der Waals surface area contributed by atoms with E-state index in [0.29, 0.717) is 31.3 Å². The first-order valence-electron chi connectivity index (χ1n) is 8.54. The van der Waals surface area contributed by atoms with Gasteiger partial charge in [-0.15, -0.1) is 0 Å². The number of ether oxygens (including phenoxy) is 1. The second-order valence-electron chi connectivity index (χ2n) is 6.45. The molecule has 0 bridgehead atoms. The van der Waals surface area contributed by atoms with Crippen molar-refractivity contribution in [3.8, 4) is 5.75 Å². The highest BCUT2D eigenvalue weighted by Gasteiger charge is 2.26. The fraction of sp³-hybridized carbons (Fsp3) is 0.588. The monoisotopic (exact) mass is 333 g/mol. The summed E-state index contributed by atoms with van der Waals surface area (Å²) >= 11 is 0. The molecule has 7 heteroatoms. The quantitative estimate of drug-likeness (QED) is 0.659. The predicted molar refractivity (Wildman–Crippen MR) is 89.0 cm³/mol. The third-order valence-electron chi connectivity index (χ3n) is 4.73. The minimum atomic E-state index is -0.424. The molecule has 0 saturated carbocycles. The highest BCUT2D eigenvalue weighted by atomic mass is 16.6. The molecule has 0 aliphatic carbocycles. The molecule has 0 spiro atoms. The highest BCUT2D eigenvalue weighted by molar-refractivity contribution is 5.77. The number of hydrogen-bond donors (Lipinski definition) is 1. The van der Waals surface area contributed by atoms with Crippen molar-refractivity contribution in [3.63, 3.8) is 0 Å². The van der Waals surface area contributed by atoms with Crippen molar-refractivity contribution in [2.24, 2.45) is 0 Å². The molecule has 1 unspecified atom stereocenters. The molecule has 130 valence electrons. The fourth-order valence-corrected chi connectivity index (χ4v) is 3.33. The number of benzene rings is 1. The molecule has 1 aromatic rings. The van der Waals surface area contributed by atoms with Crippen LogP contribution >= 0.6 is 0 Å². The maximum Gasteiger partial charge on any atom is 0.269 e. The van der Waals surface area contributed by atoms with Crippen LogP contribution in [-0.4, -0.2) is 47.5 Å². The Labute approximate surface area is 141 Å². The van der Waals surface area contributed by atoms with Crippen molar-refractivity contribution in [1.82, 2.24) is 10.2 Å². The van der Waals surface area contributed by atoms with Gasteiger partial charge in [0.25, 0.3) is 5.69 Å². The van der Waals surface area contributed by atoms with Gasteiger partial charge in [0.15, 0.2) is 0 Å². The van der Waals surface area contributed by atoms with E-state index in [0.717, 1.165) is 32.2 Å². The van der Waals surface area contributed by atoms with Crippen LogP contribution in [0.5, 0.6) is 5.75 Å². The van der Waals surface area contributed by atoms with E-state index in [9.17, 15) is 14.9 Å². The molecule has 2 aliphatic heterocycles. The van der Waals surface area contributed by atoms with E-state index in [1.165, 1.54) is 12.1 Å². The summed E-state index contributed by atoms with van der Waals surface area (Å²) in [6.07, 6.45) is 4.48. The van der Waals surface area contributed by atoms with Crippen molar-refractivity contribution in [3.05, 3.63) is 34.4 Å².